The molecule has 0 N–H and O–H groups in total. The second-order valence-electron chi connectivity index (χ2n) is 9.23. The Labute approximate surface area is 171 Å². The molecule has 2 aromatic carbocycles. The fourth-order valence-electron chi connectivity index (χ4n) is 4.78. The largest absolute Gasteiger partial charge is 0.369 e. The van der Waals surface area contributed by atoms with Gasteiger partial charge in [-0.2, -0.15) is 4.57 Å². The van der Waals surface area contributed by atoms with Gasteiger partial charge < -0.3 is 4.57 Å². The average molecular weight is 386 g/mol. The summed E-state index contributed by atoms with van der Waals surface area (Å²) in [6.45, 7) is 9.42. The van der Waals surface area contributed by atoms with E-state index in [9.17, 15) is 0 Å². The topological polar surface area (TPSA) is 18.7 Å². The smallest absolute Gasteiger partial charge is 0.341 e. The molecule has 0 amide bonds. The molecule has 3 heterocycles. The number of rotatable bonds is 0. The lowest BCUT2D eigenvalue weighted by atomic mass is 9.70. The van der Waals surface area contributed by atoms with Gasteiger partial charge in [0, 0.05) is 18.0 Å². The Balaban J connectivity index is 2.15. The Morgan fingerprint density at radius 1 is 0.793 bits per heavy atom. The summed E-state index contributed by atoms with van der Waals surface area (Å²) in [6.07, 6.45) is 4.38. The standard InChI is InChI=1S/C25H29N4/c1-24(2)22-17-18-11-7-8-12-19(18)27(6)20-13-9-10-14-21(20)29(22)23-26(5)15-16-28(23)25(24,3)4/h7-17H,1-6H3/q+1. The number of imidazole rings is 1. The summed E-state index contributed by atoms with van der Waals surface area (Å²) >= 11 is 0. The molecule has 0 saturated heterocycles. The van der Waals surface area contributed by atoms with E-state index >= 15 is 0 Å². The molecular formula is C25H29N4+. The van der Waals surface area contributed by atoms with Gasteiger partial charge in [-0.1, -0.05) is 30.3 Å². The third kappa shape index (κ3) is 2.23. The Hall–Kier alpha value is -3.01. The molecular weight excluding hydrogens is 356 g/mol. The van der Waals surface area contributed by atoms with E-state index in [1.807, 2.05) is 0 Å². The van der Waals surface area contributed by atoms with Crippen LogP contribution in [0.25, 0.3) is 27.9 Å². The number of nitrogens with zero attached hydrogens (tertiary/aromatic N) is 4. The summed E-state index contributed by atoms with van der Waals surface area (Å²) in [5, 5.41) is 1.25. The highest BCUT2D eigenvalue weighted by atomic mass is 15.3. The van der Waals surface area contributed by atoms with Crippen LogP contribution in [-0.2, 0) is 25.0 Å². The van der Waals surface area contributed by atoms with Crippen molar-refractivity contribution in [1.29, 1.82) is 0 Å². The molecule has 29 heavy (non-hydrogen) atoms. The summed E-state index contributed by atoms with van der Waals surface area (Å²) in [5.41, 5.74) is 4.77. The number of para-hydroxylation sites is 3. The predicted octanol–water partition coefficient (Wildman–Crippen LogP) is 4.90. The van der Waals surface area contributed by atoms with Crippen LogP contribution < -0.4 is 4.57 Å². The third-order valence-electron chi connectivity index (χ3n) is 7.26. The Bertz CT molecular complexity index is 1330. The first kappa shape index (κ1) is 18.0. The van der Waals surface area contributed by atoms with Crippen molar-refractivity contribution in [3.63, 3.8) is 0 Å². The maximum absolute atomic E-state index is 2.45. The third-order valence-corrected chi connectivity index (χ3v) is 7.26. The Morgan fingerprint density at radius 3 is 2.14 bits per heavy atom. The molecule has 0 bridgehead atoms. The molecule has 0 aliphatic carbocycles. The van der Waals surface area contributed by atoms with Crippen LogP contribution >= 0.6 is 0 Å². The molecule has 148 valence electrons. The highest BCUT2D eigenvalue weighted by molar-refractivity contribution is 5.86. The molecule has 0 saturated carbocycles. The number of fused-ring (bicyclic) bond motifs is 6. The lowest BCUT2D eigenvalue weighted by Gasteiger charge is -2.43. The minimum absolute atomic E-state index is 0.0824. The predicted molar refractivity (Wildman–Crippen MR) is 119 cm³/mol. The van der Waals surface area contributed by atoms with Crippen LogP contribution in [0, 0.1) is 0 Å². The first-order chi connectivity index (χ1) is 13.7. The molecule has 0 unspecified atom stereocenters. The summed E-state index contributed by atoms with van der Waals surface area (Å²) in [6, 6.07) is 19.8. The van der Waals surface area contributed by atoms with E-state index < -0.39 is 0 Å². The van der Waals surface area contributed by atoms with Crippen molar-refractivity contribution in [3.8, 4) is 5.95 Å². The van der Waals surface area contributed by atoms with Crippen LogP contribution in [0.3, 0.4) is 0 Å². The van der Waals surface area contributed by atoms with Gasteiger partial charge >= 0.3 is 5.95 Å². The van der Waals surface area contributed by atoms with E-state index in [1.165, 1.54) is 33.6 Å². The lowest BCUT2D eigenvalue weighted by Crippen LogP contribution is -2.66. The van der Waals surface area contributed by atoms with Crippen molar-refractivity contribution in [2.45, 2.75) is 38.6 Å². The molecule has 5 rings (SSSR count). The maximum Gasteiger partial charge on any atom is 0.369 e. The average Bonchev–Trinajstić information content (AvgIpc) is 3.08. The summed E-state index contributed by atoms with van der Waals surface area (Å²) < 4.78 is 9.41. The highest BCUT2D eigenvalue weighted by Crippen LogP contribution is 2.42. The van der Waals surface area contributed by atoms with Crippen LogP contribution in [0.5, 0.6) is 0 Å². The normalized spacial score (nSPS) is 16.5. The number of aryl methyl sites for hydroxylation is 2. The van der Waals surface area contributed by atoms with Gasteiger partial charge in [-0.15, -0.1) is 0 Å². The van der Waals surface area contributed by atoms with Gasteiger partial charge in [0.1, 0.15) is 5.52 Å². The van der Waals surface area contributed by atoms with E-state index in [0.29, 0.717) is 0 Å². The van der Waals surface area contributed by atoms with Crippen LogP contribution in [0.2, 0.25) is 0 Å². The number of benzene rings is 2. The summed E-state index contributed by atoms with van der Waals surface area (Å²) in [7, 11) is 4.30. The van der Waals surface area contributed by atoms with Crippen molar-refractivity contribution in [2.75, 3.05) is 0 Å². The molecule has 0 fully saturated rings. The number of aromatic nitrogens is 4. The zero-order valence-corrected chi connectivity index (χ0v) is 18.1. The van der Waals surface area contributed by atoms with Crippen molar-refractivity contribution >= 4 is 21.9 Å². The van der Waals surface area contributed by atoms with Gasteiger partial charge in [0.15, 0.2) is 0 Å². The SMILES string of the molecule is Cn1cc[n+]2c1-n1c(cc3ccccc3n(C)c3ccccc31)C(C)(C)C2(C)C. The van der Waals surface area contributed by atoms with Gasteiger partial charge in [-0.25, -0.2) is 9.13 Å². The fourth-order valence-corrected chi connectivity index (χ4v) is 4.78. The zero-order chi connectivity index (χ0) is 20.6. The van der Waals surface area contributed by atoms with Crippen molar-refractivity contribution in [2.24, 2.45) is 14.1 Å². The second-order valence-corrected chi connectivity index (χ2v) is 9.23. The number of hydrogen-bond donors (Lipinski definition) is 0. The highest BCUT2D eigenvalue weighted by Gasteiger charge is 2.51. The molecule has 4 nitrogen and oxygen atoms in total. The minimum Gasteiger partial charge on any atom is -0.341 e. The van der Waals surface area contributed by atoms with Crippen molar-refractivity contribution < 1.29 is 4.57 Å². The molecule has 0 spiro atoms. The van der Waals surface area contributed by atoms with Crippen LogP contribution in [0.1, 0.15) is 33.4 Å². The zero-order valence-electron chi connectivity index (χ0n) is 18.1. The van der Waals surface area contributed by atoms with Crippen LogP contribution in [-0.4, -0.2) is 13.7 Å². The maximum atomic E-state index is 2.45. The quantitative estimate of drug-likeness (QED) is 0.384. The van der Waals surface area contributed by atoms with Crippen LogP contribution in [0.4, 0.5) is 0 Å². The van der Waals surface area contributed by atoms with Crippen molar-refractivity contribution in [3.05, 3.63) is 72.7 Å². The van der Waals surface area contributed by atoms with E-state index in [2.05, 4.69) is 127 Å². The van der Waals surface area contributed by atoms with E-state index in [4.69, 9.17) is 0 Å². The van der Waals surface area contributed by atoms with E-state index in [0.717, 1.165) is 0 Å². The molecule has 0 atom stereocenters. The summed E-state index contributed by atoms with van der Waals surface area (Å²) in [5.74, 6) is 1.18. The minimum atomic E-state index is -0.0951. The Kier molecular flexibility index (Phi) is 3.58. The van der Waals surface area contributed by atoms with Crippen molar-refractivity contribution in [1.82, 2.24) is 13.7 Å². The molecule has 1 aliphatic heterocycles. The first-order valence-electron chi connectivity index (χ1n) is 10.3. The molecule has 4 aromatic rings. The van der Waals surface area contributed by atoms with E-state index in [1.54, 1.807) is 0 Å². The number of hydrogen-bond acceptors (Lipinski definition) is 0. The first-order valence-corrected chi connectivity index (χ1v) is 10.3. The van der Waals surface area contributed by atoms with E-state index in [-0.39, 0.29) is 11.0 Å². The second kappa shape index (κ2) is 5.76. The van der Waals surface area contributed by atoms with Gasteiger partial charge in [0.25, 0.3) is 0 Å². The lowest BCUT2D eigenvalue weighted by molar-refractivity contribution is -0.765. The fraction of sp³-hybridized carbons (Fsp3) is 0.320. The van der Waals surface area contributed by atoms with Gasteiger partial charge in [0.2, 0.25) is 0 Å². The monoisotopic (exact) mass is 385 g/mol. The van der Waals surface area contributed by atoms with Crippen LogP contribution in [0.15, 0.2) is 67.0 Å². The van der Waals surface area contributed by atoms with Gasteiger partial charge in [-0.05, 0) is 52.0 Å². The van der Waals surface area contributed by atoms with Gasteiger partial charge in [-0.3, -0.25) is 0 Å². The Morgan fingerprint density at radius 2 is 1.41 bits per heavy atom. The molecule has 1 aliphatic rings. The summed E-state index contributed by atoms with van der Waals surface area (Å²) in [4.78, 5) is 0. The molecule has 0 radical (unpaired) electrons. The molecule has 2 aromatic heterocycles. The van der Waals surface area contributed by atoms with Gasteiger partial charge in [0.05, 0.1) is 41.6 Å². The molecule has 4 heteroatoms.